The van der Waals surface area contributed by atoms with Gasteiger partial charge in [0.2, 0.25) is 0 Å². The van der Waals surface area contributed by atoms with E-state index in [2.05, 4.69) is 0 Å². The predicted molar refractivity (Wildman–Crippen MR) is 64.7 cm³/mol. The molecule has 0 aliphatic rings. The summed E-state index contributed by atoms with van der Waals surface area (Å²) in [6.45, 7) is 5.37. The molecule has 8 heteroatoms. The maximum Gasteiger partial charge on any atom is 0.471 e. The van der Waals surface area contributed by atoms with Crippen molar-refractivity contribution in [2.75, 3.05) is 5.32 Å². The first-order chi connectivity index (χ1) is 8.43. The normalized spacial score (nSPS) is 12.3. The second-order valence-electron chi connectivity index (χ2n) is 4.86. The molecule has 0 unspecified atom stereocenters. The van der Waals surface area contributed by atoms with Crippen LogP contribution in [0.5, 0.6) is 0 Å². The number of aromatic carboxylic acids is 1. The highest BCUT2D eigenvalue weighted by Gasteiger charge is 2.39. The summed E-state index contributed by atoms with van der Waals surface area (Å²) in [5.41, 5.74) is -0.761. The summed E-state index contributed by atoms with van der Waals surface area (Å²) in [6, 6.07) is 1.28. The highest BCUT2D eigenvalue weighted by Crippen LogP contribution is 2.36. The van der Waals surface area contributed by atoms with E-state index in [4.69, 9.17) is 5.11 Å². The highest BCUT2D eigenvalue weighted by molar-refractivity contribution is 7.16. The number of alkyl halides is 3. The van der Waals surface area contributed by atoms with E-state index >= 15 is 0 Å². The van der Waals surface area contributed by atoms with Gasteiger partial charge < -0.3 is 10.4 Å². The summed E-state index contributed by atoms with van der Waals surface area (Å²) in [7, 11) is 0. The van der Waals surface area contributed by atoms with E-state index in [9.17, 15) is 22.8 Å². The van der Waals surface area contributed by atoms with Crippen molar-refractivity contribution >= 4 is 28.2 Å². The summed E-state index contributed by atoms with van der Waals surface area (Å²) in [5, 5.41) is 10.2. The van der Waals surface area contributed by atoms with Crippen molar-refractivity contribution in [3.63, 3.8) is 0 Å². The molecule has 0 saturated heterocycles. The number of anilines is 1. The molecule has 1 rings (SSSR count). The number of hydrogen-bond acceptors (Lipinski definition) is 3. The number of carboxylic acids is 1. The molecule has 0 atom stereocenters. The molecule has 1 aromatic heterocycles. The number of amides is 1. The number of nitrogens with one attached hydrogen (secondary N) is 1. The zero-order chi connectivity index (χ0) is 15.0. The van der Waals surface area contributed by atoms with E-state index in [0.29, 0.717) is 4.88 Å². The lowest BCUT2D eigenvalue weighted by Gasteiger charge is -2.15. The van der Waals surface area contributed by atoms with Gasteiger partial charge in [-0.25, -0.2) is 4.79 Å². The quantitative estimate of drug-likeness (QED) is 0.880. The van der Waals surface area contributed by atoms with Crippen molar-refractivity contribution in [3.05, 3.63) is 16.5 Å². The number of rotatable bonds is 2. The molecule has 0 bridgehead atoms. The van der Waals surface area contributed by atoms with Gasteiger partial charge in [0.05, 0.1) is 5.56 Å². The Morgan fingerprint density at radius 3 is 2.16 bits per heavy atom. The largest absolute Gasteiger partial charge is 0.478 e. The molecule has 0 radical (unpaired) electrons. The van der Waals surface area contributed by atoms with Crippen molar-refractivity contribution in [1.29, 1.82) is 0 Å². The standard InChI is InChI=1S/C11H12F3NO3S/c1-10(2,3)6-4-5(8(16)17)7(19-6)15-9(18)11(12,13)14/h4H,1-3H3,(H,15,18)(H,16,17). The third-order valence-electron chi connectivity index (χ3n) is 2.19. The van der Waals surface area contributed by atoms with Crippen LogP contribution in [0.15, 0.2) is 6.07 Å². The summed E-state index contributed by atoms with van der Waals surface area (Å²) >= 11 is 0.826. The minimum Gasteiger partial charge on any atom is -0.478 e. The van der Waals surface area contributed by atoms with Crippen molar-refractivity contribution in [3.8, 4) is 0 Å². The number of carboxylic acid groups (broad SMARTS) is 1. The fraction of sp³-hybridized carbons (Fsp3) is 0.455. The van der Waals surface area contributed by atoms with Crippen LogP contribution >= 0.6 is 11.3 Å². The van der Waals surface area contributed by atoms with Crippen LogP contribution in [-0.4, -0.2) is 23.2 Å². The third-order valence-corrected chi connectivity index (χ3v) is 3.66. The fourth-order valence-corrected chi connectivity index (χ4v) is 2.29. The summed E-state index contributed by atoms with van der Waals surface area (Å²) in [4.78, 5) is 22.4. The zero-order valence-corrected chi connectivity index (χ0v) is 11.2. The van der Waals surface area contributed by atoms with Gasteiger partial charge in [-0.3, -0.25) is 4.79 Å². The predicted octanol–water partition coefficient (Wildman–Crippen LogP) is 3.24. The van der Waals surface area contributed by atoms with Crippen LogP contribution in [0.1, 0.15) is 36.0 Å². The monoisotopic (exact) mass is 295 g/mol. The molecule has 0 aromatic carbocycles. The van der Waals surface area contributed by atoms with Crippen LogP contribution < -0.4 is 5.32 Å². The maximum absolute atomic E-state index is 12.2. The first-order valence-corrected chi connectivity index (χ1v) is 6.00. The topological polar surface area (TPSA) is 66.4 Å². The lowest BCUT2D eigenvalue weighted by molar-refractivity contribution is -0.167. The summed E-state index contributed by atoms with van der Waals surface area (Å²) in [6.07, 6.45) is -5.05. The van der Waals surface area contributed by atoms with Crippen LogP contribution in [0, 0.1) is 0 Å². The minimum atomic E-state index is -5.05. The molecule has 1 aromatic rings. The van der Waals surface area contributed by atoms with Crippen LogP contribution in [0.25, 0.3) is 0 Å². The van der Waals surface area contributed by atoms with E-state index in [1.54, 1.807) is 26.1 Å². The van der Waals surface area contributed by atoms with Gasteiger partial charge in [-0.05, 0) is 11.5 Å². The van der Waals surface area contributed by atoms with E-state index in [1.165, 1.54) is 6.07 Å². The van der Waals surface area contributed by atoms with Gasteiger partial charge in [0.25, 0.3) is 0 Å². The Morgan fingerprint density at radius 1 is 1.26 bits per heavy atom. The second-order valence-corrected chi connectivity index (χ2v) is 5.91. The Hall–Kier alpha value is -1.57. The van der Waals surface area contributed by atoms with Gasteiger partial charge >= 0.3 is 18.1 Å². The van der Waals surface area contributed by atoms with Crippen molar-refractivity contribution in [1.82, 2.24) is 0 Å². The third kappa shape index (κ3) is 3.69. The molecule has 0 spiro atoms. The lowest BCUT2D eigenvalue weighted by Crippen LogP contribution is -2.30. The molecule has 0 aliphatic carbocycles. The molecular formula is C11H12F3NO3S. The van der Waals surface area contributed by atoms with Crippen LogP contribution in [0.4, 0.5) is 18.2 Å². The average Bonchev–Trinajstić information content (AvgIpc) is 2.59. The molecule has 106 valence electrons. The van der Waals surface area contributed by atoms with Crippen molar-refractivity contribution in [2.24, 2.45) is 0 Å². The zero-order valence-electron chi connectivity index (χ0n) is 10.4. The van der Waals surface area contributed by atoms with Crippen molar-refractivity contribution in [2.45, 2.75) is 32.4 Å². The molecule has 1 heterocycles. The van der Waals surface area contributed by atoms with Gasteiger partial charge in [-0.2, -0.15) is 13.2 Å². The summed E-state index contributed by atoms with van der Waals surface area (Å²) < 4.78 is 36.5. The van der Waals surface area contributed by atoms with Gasteiger partial charge in [0.1, 0.15) is 5.00 Å². The summed E-state index contributed by atoms with van der Waals surface area (Å²) in [5.74, 6) is -3.57. The second kappa shape index (κ2) is 4.84. The van der Waals surface area contributed by atoms with E-state index in [-0.39, 0.29) is 10.6 Å². The fourth-order valence-electron chi connectivity index (χ4n) is 1.19. The first kappa shape index (κ1) is 15.5. The SMILES string of the molecule is CC(C)(C)c1cc(C(=O)O)c(NC(=O)C(F)(F)F)s1. The Morgan fingerprint density at radius 2 is 1.79 bits per heavy atom. The van der Waals surface area contributed by atoms with E-state index in [1.807, 2.05) is 0 Å². The first-order valence-electron chi connectivity index (χ1n) is 5.18. The number of carbonyl (C=O) groups excluding carboxylic acids is 1. The molecule has 0 saturated carbocycles. The average molecular weight is 295 g/mol. The number of halogens is 3. The lowest BCUT2D eigenvalue weighted by atomic mass is 9.94. The van der Waals surface area contributed by atoms with Crippen molar-refractivity contribution < 1.29 is 27.9 Å². The molecular weight excluding hydrogens is 283 g/mol. The van der Waals surface area contributed by atoms with Crippen LogP contribution in [0.3, 0.4) is 0 Å². The smallest absolute Gasteiger partial charge is 0.471 e. The van der Waals surface area contributed by atoms with E-state index in [0.717, 1.165) is 11.3 Å². The highest BCUT2D eigenvalue weighted by atomic mass is 32.1. The molecule has 19 heavy (non-hydrogen) atoms. The van der Waals surface area contributed by atoms with Gasteiger partial charge in [-0.1, -0.05) is 20.8 Å². The molecule has 4 nitrogen and oxygen atoms in total. The minimum absolute atomic E-state index is 0.306. The van der Waals surface area contributed by atoms with Gasteiger partial charge in [0.15, 0.2) is 0 Å². The van der Waals surface area contributed by atoms with E-state index < -0.39 is 23.5 Å². The van der Waals surface area contributed by atoms with Crippen LogP contribution in [0.2, 0.25) is 0 Å². The maximum atomic E-state index is 12.2. The van der Waals surface area contributed by atoms with Gasteiger partial charge in [-0.15, -0.1) is 11.3 Å². The molecule has 0 fully saturated rings. The Kier molecular flexibility index (Phi) is 3.94. The Bertz CT molecular complexity index is 514. The Balaban J connectivity index is 3.17. The van der Waals surface area contributed by atoms with Crippen LogP contribution in [-0.2, 0) is 10.2 Å². The Labute approximate surface area is 111 Å². The number of hydrogen-bond donors (Lipinski definition) is 2. The van der Waals surface area contributed by atoms with Gasteiger partial charge in [0, 0.05) is 4.88 Å². The number of thiophene rings is 1. The molecule has 2 N–H and O–H groups in total. The number of carbonyl (C=O) groups is 2. The molecule has 1 amide bonds. The molecule has 0 aliphatic heterocycles.